The molecule has 4 aromatic rings. The minimum absolute atomic E-state index is 0.0891. The Morgan fingerprint density at radius 2 is 1.91 bits per heavy atom. The summed E-state index contributed by atoms with van der Waals surface area (Å²) in [6, 6.07) is 10.7. The van der Waals surface area contributed by atoms with Crippen LogP contribution in [0.1, 0.15) is 41.9 Å². The second-order valence-electron chi connectivity index (χ2n) is 7.49. The number of carboxylic acids is 1. The van der Waals surface area contributed by atoms with Crippen LogP contribution in [-0.2, 0) is 0 Å². The maximum absolute atomic E-state index is 11.7. The molecule has 10 heteroatoms. The summed E-state index contributed by atoms with van der Waals surface area (Å²) in [5, 5.41) is 30.7. The molecule has 3 aromatic heterocycles. The maximum atomic E-state index is 11.7. The number of pyridine rings is 1. The maximum Gasteiger partial charge on any atom is 0.341 e. The molecular weight excluding hydrogens is 410 g/mol. The lowest BCUT2D eigenvalue weighted by molar-refractivity contribution is 0.0697. The van der Waals surface area contributed by atoms with Crippen molar-refractivity contribution in [2.24, 2.45) is 0 Å². The Hall–Kier alpha value is -4.05. The molecule has 4 rings (SSSR count). The third kappa shape index (κ3) is 4.35. The number of carboxylic acid groups (broad SMARTS) is 1. The lowest BCUT2D eigenvalue weighted by Gasteiger charge is -2.19. The smallest absolute Gasteiger partial charge is 0.341 e. The van der Waals surface area contributed by atoms with E-state index in [0.717, 1.165) is 16.5 Å². The van der Waals surface area contributed by atoms with Crippen LogP contribution in [0.5, 0.6) is 0 Å². The molecule has 0 aliphatic carbocycles. The highest BCUT2D eigenvalue weighted by atomic mass is 16.4. The minimum Gasteiger partial charge on any atom is -0.477 e. The summed E-state index contributed by atoms with van der Waals surface area (Å²) < 4.78 is 1.88. The molecule has 0 aliphatic rings. The van der Waals surface area contributed by atoms with E-state index in [2.05, 4.69) is 30.7 Å². The number of carbonyl (C=O) groups is 1. The van der Waals surface area contributed by atoms with Gasteiger partial charge in [-0.1, -0.05) is 30.3 Å². The summed E-state index contributed by atoms with van der Waals surface area (Å²) >= 11 is 0. The number of aliphatic hydroxyl groups excluding tert-OH is 1. The third-order valence-electron chi connectivity index (χ3n) is 4.92. The molecule has 0 fully saturated rings. The zero-order valence-electron chi connectivity index (χ0n) is 17.6. The molecule has 0 saturated carbocycles. The number of aromatic nitrogens is 5. The van der Waals surface area contributed by atoms with Crippen molar-refractivity contribution < 1.29 is 15.0 Å². The van der Waals surface area contributed by atoms with E-state index in [1.54, 1.807) is 12.4 Å². The molecule has 3 heterocycles. The Bertz CT molecular complexity index is 1240. The topological polar surface area (TPSA) is 138 Å². The van der Waals surface area contributed by atoms with E-state index in [0.29, 0.717) is 5.82 Å². The Labute approximate surface area is 184 Å². The van der Waals surface area contributed by atoms with Crippen LogP contribution in [0.4, 0.5) is 17.6 Å². The number of nitrogens with zero attached hydrogens (tertiary/aromatic N) is 5. The highest BCUT2D eigenvalue weighted by Crippen LogP contribution is 2.24. The van der Waals surface area contributed by atoms with Crippen molar-refractivity contribution in [2.75, 3.05) is 17.2 Å². The number of aliphatic hydroxyl groups is 1. The van der Waals surface area contributed by atoms with Crippen molar-refractivity contribution in [3.8, 4) is 0 Å². The van der Waals surface area contributed by atoms with Gasteiger partial charge >= 0.3 is 5.97 Å². The predicted molar refractivity (Wildman–Crippen MR) is 120 cm³/mol. The summed E-state index contributed by atoms with van der Waals surface area (Å²) in [6.07, 6.45) is 4.67. The Kier molecular flexibility index (Phi) is 5.95. The molecule has 10 nitrogen and oxygen atoms in total. The quantitative estimate of drug-likeness (QED) is 0.329. The fourth-order valence-corrected chi connectivity index (χ4v) is 3.33. The van der Waals surface area contributed by atoms with E-state index in [-0.39, 0.29) is 30.0 Å². The number of anilines is 3. The Balaban J connectivity index is 1.65. The zero-order chi connectivity index (χ0) is 22.7. The first-order chi connectivity index (χ1) is 15.5. The Morgan fingerprint density at radius 1 is 1.12 bits per heavy atom. The van der Waals surface area contributed by atoms with Gasteiger partial charge in [0.05, 0.1) is 24.4 Å². The number of nitrogens with one attached hydrogen (secondary N) is 2. The van der Waals surface area contributed by atoms with Crippen LogP contribution in [0, 0.1) is 0 Å². The number of rotatable bonds is 8. The van der Waals surface area contributed by atoms with Gasteiger partial charge in [0, 0.05) is 29.9 Å². The van der Waals surface area contributed by atoms with E-state index in [1.807, 2.05) is 54.9 Å². The molecule has 32 heavy (non-hydrogen) atoms. The number of benzene rings is 1. The van der Waals surface area contributed by atoms with Gasteiger partial charge in [0.2, 0.25) is 5.95 Å². The van der Waals surface area contributed by atoms with Crippen LogP contribution in [0.3, 0.4) is 0 Å². The first kappa shape index (κ1) is 21.2. The van der Waals surface area contributed by atoms with Gasteiger partial charge < -0.3 is 20.8 Å². The lowest BCUT2D eigenvalue weighted by atomic mass is 10.1. The molecule has 164 valence electrons. The van der Waals surface area contributed by atoms with Crippen molar-refractivity contribution in [2.45, 2.75) is 25.9 Å². The van der Waals surface area contributed by atoms with E-state index >= 15 is 0 Å². The summed E-state index contributed by atoms with van der Waals surface area (Å²) in [6.45, 7) is 3.83. The molecule has 4 N–H and O–H groups in total. The first-order valence-corrected chi connectivity index (χ1v) is 10.1. The molecule has 0 bridgehead atoms. The number of hydrogen-bond donors (Lipinski definition) is 4. The van der Waals surface area contributed by atoms with Gasteiger partial charge in [0.25, 0.3) is 0 Å². The van der Waals surface area contributed by atoms with Crippen molar-refractivity contribution in [3.63, 3.8) is 0 Å². The second kappa shape index (κ2) is 8.98. The molecule has 1 atom stereocenters. The predicted octanol–water partition coefficient (Wildman–Crippen LogP) is 3.39. The van der Waals surface area contributed by atoms with E-state index in [1.165, 1.54) is 6.20 Å². The second-order valence-corrected chi connectivity index (χ2v) is 7.49. The average Bonchev–Trinajstić information content (AvgIpc) is 3.21. The molecule has 0 radical (unpaired) electrons. The zero-order valence-corrected chi connectivity index (χ0v) is 17.6. The molecule has 1 aromatic carbocycles. The van der Waals surface area contributed by atoms with E-state index < -0.39 is 12.0 Å². The highest BCUT2D eigenvalue weighted by Gasteiger charge is 2.19. The molecule has 0 unspecified atom stereocenters. The van der Waals surface area contributed by atoms with Gasteiger partial charge in [0.15, 0.2) is 0 Å². The highest BCUT2D eigenvalue weighted by molar-refractivity contribution is 5.93. The monoisotopic (exact) mass is 433 g/mol. The third-order valence-corrected chi connectivity index (χ3v) is 4.92. The number of hydrogen-bond acceptors (Lipinski definition) is 8. The number of aromatic carboxylic acids is 1. The van der Waals surface area contributed by atoms with Crippen molar-refractivity contribution in [1.82, 2.24) is 24.7 Å². The van der Waals surface area contributed by atoms with Crippen molar-refractivity contribution >= 4 is 34.5 Å². The van der Waals surface area contributed by atoms with Crippen LogP contribution < -0.4 is 10.6 Å². The fourth-order valence-electron chi connectivity index (χ4n) is 3.33. The molecule has 0 saturated heterocycles. The summed E-state index contributed by atoms with van der Waals surface area (Å²) in [5.74, 6) is -0.421. The van der Waals surface area contributed by atoms with Gasteiger partial charge in [-0.2, -0.15) is 10.1 Å². The largest absolute Gasteiger partial charge is 0.477 e. The van der Waals surface area contributed by atoms with Gasteiger partial charge in [-0.15, -0.1) is 0 Å². The standard InChI is InChI=1S/C22H23N7O3/c1-13(2)29-18-8-19(23-9-15(18)10-25-29)27-22-24-11-16(21(31)32)20(28-22)26-17(12-30)14-6-4-3-5-7-14/h3-11,13,17,30H,12H2,1-2H3,(H,31,32)(H2,23,24,26,27,28)/t17-/m1/s1. The van der Waals surface area contributed by atoms with Crippen molar-refractivity contribution in [3.05, 3.63) is 66.1 Å². The molecular formula is C22H23N7O3. The van der Waals surface area contributed by atoms with Gasteiger partial charge in [-0.05, 0) is 19.4 Å². The SMILES string of the molecule is CC(C)n1ncc2cnc(Nc3ncc(C(=O)O)c(N[C@H](CO)c4ccccc4)n3)cc21. The number of fused-ring (bicyclic) bond motifs is 1. The lowest BCUT2D eigenvalue weighted by Crippen LogP contribution is -2.19. The molecule has 0 spiro atoms. The average molecular weight is 433 g/mol. The molecule has 0 aliphatic heterocycles. The van der Waals surface area contributed by atoms with Crippen LogP contribution in [-0.4, -0.2) is 47.5 Å². The van der Waals surface area contributed by atoms with Crippen LogP contribution in [0.15, 0.2) is 55.0 Å². The summed E-state index contributed by atoms with van der Waals surface area (Å²) in [5.41, 5.74) is 1.60. The minimum atomic E-state index is -1.18. The van der Waals surface area contributed by atoms with Crippen LogP contribution >= 0.6 is 0 Å². The summed E-state index contributed by atoms with van der Waals surface area (Å²) in [4.78, 5) is 24.5. The molecule has 0 amide bonds. The van der Waals surface area contributed by atoms with Gasteiger partial charge in [-0.25, -0.2) is 14.8 Å². The van der Waals surface area contributed by atoms with Gasteiger partial charge in [-0.3, -0.25) is 4.68 Å². The van der Waals surface area contributed by atoms with Crippen molar-refractivity contribution in [1.29, 1.82) is 0 Å². The normalized spacial score (nSPS) is 12.1. The van der Waals surface area contributed by atoms with E-state index in [9.17, 15) is 15.0 Å². The van der Waals surface area contributed by atoms with Crippen LogP contribution in [0.2, 0.25) is 0 Å². The summed E-state index contributed by atoms with van der Waals surface area (Å²) in [7, 11) is 0. The fraction of sp³-hybridized carbons (Fsp3) is 0.227. The van der Waals surface area contributed by atoms with Gasteiger partial charge in [0.1, 0.15) is 17.2 Å². The van der Waals surface area contributed by atoms with E-state index in [4.69, 9.17) is 0 Å². The Morgan fingerprint density at radius 3 is 2.59 bits per heavy atom. The first-order valence-electron chi connectivity index (χ1n) is 10.1. The van der Waals surface area contributed by atoms with Crippen LogP contribution in [0.25, 0.3) is 10.9 Å².